The number of benzene rings is 1. The van der Waals surface area contributed by atoms with E-state index in [0.717, 1.165) is 37.1 Å². The standard InChI is InChI=1S/C15H14BrF3N2/c16-8-10-5-6-13(11(7-10)15(17,18)19)21-9-20-12-3-1-2-4-14(12)21/h5-7,9H,1-4,8H2. The van der Waals surface area contributed by atoms with Crippen molar-refractivity contribution in [2.24, 2.45) is 0 Å². The van der Waals surface area contributed by atoms with E-state index in [9.17, 15) is 13.2 Å². The van der Waals surface area contributed by atoms with Crippen molar-refractivity contribution in [3.63, 3.8) is 0 Å². The van der Waals surface area contributed by atoms with Crippen LogP contribution in [0.3, 0.4) is 0 Å². The number of nitrogens with zero attached hydrogens (tertiary/aromatic N) is 2. The molecule has 0 unspecified atom stereocenters. The average molecular weight is 359 g/mol. The van der Waals surface area contributed by atoms with Gasteiger partial charge in [-0.05, 0) is 43.4 Å². The number of rotatable bonds is 2. The molecule has 21 heavy (non-hydrogen) atoms. The lowest BCUT2D eigenvalue weighted by Gasteiger charge is -2.18. The smallest absolute Gasteiger partial charge is 0.302 e. The van der Waals surface area contributed by atoms with Gasteiger partial charge in [0.05, 0.1) is 23.3 Å². The van der Waals surface area contributed by atoms with Gasteiger partial charge in [-0.1, -0.05) is 22.0 Å². The second kappa shape index (κ2) is 5.48. The average Bonchev–Trinajstić information content (AvgIpc) is 2.89. The summed E-state index contributed by atoms with van der Waals surface area (Å²) in [5.74, 6) is 0. The normalized spacial score (nSPS) is 15.0. The molecule has 1 aliphatic carbocycles. The second-order valence-electron chi connectivity index (χ2n) is 5.20. The third kappa shape index (κ3) is 2.73. The molecule has 2 aromatic rings. The van der Waals surface area contributed by atoms with Gasteiger partial charge in [0.25, 0.3) is 0 Å². The molecule has 0 atom stereocenters. The molecule has 0 spiro atoms. The van der Waals surface area contributed by atoms with Gasteiger partial charge in [0.15, 0.2) is 0 Å². The summed E-state index contributed by atoms with van der Waals surface area (Å²) in [5, 5.41) is 0.401. The molecule has 1 heterocycles. The minimum atomic E-state index is -4.38. The number of aromatic nitrogens is 2. The van der Waals surface area contributed by atoms with Gasteiger partial charge >= 0.3 is 6.18 Å². The van der Waals surface area contributed by atoms with Gasteiger partial charge in [-0.2, -0.15) is 13.2 Å². The summed E-state index contributed by atoms with van der Waals surface area (Å²) in [6, 6.07) is 4.46. The summed E-state index contributed by atoms with van der Waals surface area (Å²) in [6.07, 6.45) is 0.835. The Morgan fingerprint density at radius 3 is 2.67 bits per heavy atom. The predicted octanol–water partition coefficient (Wildman–Crippen LogP) is 4.66. The van der Waals surface area contributed by atoms with Crippen LogP contribution in [0.4, 0.5) is 13.2 Å². The van der Waals surface area contributed by atoms with E-state index in [1.807, 2.05) is 0 Å². The highest BCUT2D eigenvalue weighted by atomic mass is 79.9. The number of fused-ring (bicyclic) bond motifs is 1. The zero-order valence-corrected chi connectivity index (χ0v) is 12.8. The van der Waals surface area contributed by atoms with Gasteiger partial charge < -0.3 is 4.57 Å². The number of hydrogen-bond acceptors (Lipinski definition) is 1. The zero-order chi connectivity index (χ0) is 15.0. The summed E-state index contributed by atoms with van der Waals surface area (Å²) < 4.78 is 41.6. The van der Waals surface area contributed by atoms with Gasteiger partial charge in [-0.3, -0.25) is 0 Å². The highest BCUT2D eigenvalue weighted by molar-refractivity contribution is 9.08. The molecule has 0 amide bonds. The molecule has 1 aromatic heterocycles. The lowest BCUT2D eigenvalue weighted by molar-refractivity contribution is -0.137. The Kier molecular flexibility index (Phi) is 3.82. The van der Waals surface area contributed by atoms with Crippen molar-refractivity contribution in [1.29, 1.82) is 0 Å². The lowest BCUT2D eigenvalue weighted by Crippen LogP contribution is -2.14. The van der Waals surface area contributed by atoms with Crippen LogP contribution >= 0.6 is 15.9 Å². The van der Waals surface area contributed by atoms with Gasteiger partial charge in [0.1, 0.15) is 0 Å². The summed E-state index contributed by atoms with van der Waals surface area (Å²) in [7, 11) is 0. The number of alkyl halides is 4. The van der Waals surface area contributed by atoms with Crippen molar-refractivity contribution < 1.29 is 13.2 Å². The molecular formula is C15H14BrF3N2. The highest BCUT2D eigenvalue weighted by Gasteiger charge is 2.35. The SMILES string of the molecule is FC(F)(F)c1cc(CBr)ccc1-n1cnc2c1CCCC2. The van der Waals surface area contributed by atoms with E-state index >= 15 is 0 Å². The fourth-order valence-electron chi connectivity index (χ4n) is 2.78. The van der Waals surface area contributed by atoms with Crippen LogP contribution in [-0.4, -0.2) is 9.55 Å². The molecule has 0 saturated heterocycles. The van der Waals surface area contributed by atoms with Gasteiger partial charge in [0.2, 0.25) is 0 Å². The molecule has 2 nitrogen and oxygen atoms in total. The largest absolute Gasteiger partial charge is 0.418 e. The molecule has 112 valence electrons. The van der Waals surface area contributed by atoms with Crippen LogP contribution in [-0.2, 0) is 24.3 Å². The Morgan fingerprint density at radius 2 is 1.95 bits per heavy atom. The Labute approximate surface area is 129 Å². The molecule has 1 aromatic carbocycles. The minimum Gasteiger partial charge on any atom is -0.302 e. The zero-order valence-electron chi connectivity index (χ0n) is 11.3. The van der Waals surface area contributed by atoms with Crippen molar-refractivity contribution in [3.8, 4) is 5.69 Å². The Morgan fingerprint density at radius 1 is 1.19 bits per heavy atom. The number of halogens is 4. The first-order chi connectivity index (χ1) is 10.0. The monoisotopic (exact) mass is 358 g/mol. The van der Waals surface area contributed by atoms with E-state index in [1.54, 1.807) is 10.6 Å². The summed E-state index contributed by atoms with van der Waals surface area (Å²) in [5.41, 5.74) is 2.02. The molecule has 1 aliphatic rings. The third-order valence-electron chi connectivity index (χ3n) is 3.81. The first-order valence-electron chi connectivity index (χ1n) is 6.82. The predicted molar refractivity (Wildman–Crippen MR) is 77.8 cm³/mol. The number of imidazole rings is 1. The van der Waals surface area contributed by atoms with Crippen LogP contribution in [0.2, 0.25) is 0 Å². The van der Waals surface area contributed by atoms with E-state index in [0.29, 0.717) is 10.9 Å². The van der Waals surface area contributed by atoms with Gasteiger partial charge in [-0.25, -0.2) is 4.98 Å². The summed E-state index contributed by atoms with van der Waals surface area (Å²) in [4.78, 5) is 4.29. The third-order valence-corrected chi connectivity index (χ3v) is 4.46. The molecule has 6 heteroatoms. The van der Waals surface area contributed by atoms with Crippen molar-refractivity contribution in [2.75, 3.05) is 0 Å². The van der Waals surface area contributed by atoms with E-state index in [4.69, 9.17) is 0 Å². The van der Waals surface area contributed by atoms with Crippen LogP contribution < -0.4 is 0 Å². The topological polar surface area (TPSA) is 17.8 Å². The van der Waals surface area contributed by atoms with Crippen LogP contribution in [0, 0.1) is 0 Å². The van der Waals surface area contributed by atoms with Crippen LogP contribution in [0.15, 0.2) is 24.5 Å². The van der Waals surface area contributed by atoms with Gasteiger partial charge in [0, 0.05) is 11.0 Å². The maximum atomic E-state index is 13.3. The Bertz CT molecular complexity index is 661. The fourth-order valence-corrected chi connectivity index (χ4v) is 3.13. The van der Waals surface area contributed by atoms with E-state index in [1.165, 1.54) is 18.5 Å². The van der Waals surface area contributed by atoms with Gasteiger partial charge in [-0.15, -0.1) is 0 Å². The molecule has 0 radical (unpaired) electrons. The Hall–Kier alpha value is -1.30. The number of aryl methyl sites for hydroxylation is 1. The molecule has 0 bridgehead atoms. The number of hydrogen-bond donors (Lipinski definition) is 0. The maximum absolute atomic E-state index is 13.3. The van der Waals surface area contributed by atoms with Crippen molar-refractivity contribution in [1.82, 2.24) is 9.55 Å². The van der Waals surface area contributed by atoms with Crippen molar-refractivity contribution in [2.45, 2.75) is 37.2 Å². The molecule has 3 rings (SSSR count). The first kappa shape index (κ1) is 14.6. The first-order valence-corrected chi connectivity index (χ1v) is 7.94. The molecule has 0 N–H and O–H groups in total. The lowest BCUT2D eigenvalue weighted by atomic mass is 10.0. The fraction of sp³-hybridized carbons (Fsp3) is 0.400. The second-order valence-corrected chi connectivity index (χ2v) is 5.76. The highest BCUT2D eigenvalue weighted by Crippen LogP contribution is 2.36. The van der Waals surface area contributed by atoms with Crippen LogP contribution in [0.5, 0.6) is 0 Å². The molecule has 0 saturated carbocycles. The van der Waals surface area contributed by atoms with E-state index < -0.39 is 11.7 Å². The summed E-state index contributed by atoms with van der Waals surface area (Å²) >= 11 is 3.21. The van der Waals surface area contributed by atoms with Crippen molar-refractivity contribution in [3.05, 3.63) is 47.0 Å². The molecule has 0 aliphatic heterocycles. The van der Waals surface area contributed by atoms with Crippen molar-refractivity contribution >= 4 is 15.9 Å². The Balaban J connectivity index is 2.16. The quantitative estimate of drug-likeness (QED) is 0.713. The maximum Gasteiger partial charge on any atom is 0.418 e. The molecular weight excluding hydrogens is 345 g/mol. The van der Waals surface area contributed by atoms with Crippen LogP contribution in [0.25, 0.3) is 5.69 Å². The van der Waals surface area contributed by atoms with E-state index in [2.05, 4.69) is 20.9 Å². The summed E-state index contributed by atoms with van der Waals surface area (Å²) in [6.45, 7) is 0. The molecule has 0 fully saturated rings. The van der Waals surface area contributed by atoms with Crippen LogP contribution in [0.1, 0.15) is 35.4 Å². The van der Waals surface area contributed by atoms with E-state index in [-0.39, 0.29) is 5.69 Å². The minimum absolute atomic E-state index is 0.169.